The summed E-state index contributed by atoms with van der Waals surface area (Å²) < 4.78 is 0. The summed E-state index contributed by atoms with van der Waals surface area (Å²) in [6.07, 6.45) is 5.29. The van der Waals surface area contributed by atoms with Gasteiger partial charge in [-0.25, -0.2) is 0 Å². The summed E-state index contributed by atoms with van der Waals surface area (Å²) in [5.41, 5.74) is 0. The zero-order chi connectivity index (χ0) is 10.6. The van der Waals surface area contributed by atoms with Gasteiger partial charge in [0.1, 0.15) is 0 Å². The third kappa shape index (κ3) is 4.80. The van der Waals surface area contributed by atoms with Gasteiger partial charge in [0.05, 0.1) is 0 Å². The molecule has 1 saturated carbocycles. The largest absolute Gasteiger partial charge is 0.361 e. The van der Waals surface area contributed by atoms with Crippen LogP contribution in [0.1, 0.15) is 46.5 Å². The van der Waals surface area contributed by atoms with E-state index in [2.05, 4.69) is 31.4 Å². The van der Waals surface area contributed by atoms with E-state index >= 15 is 0 Å². The normalized spacial score (nSPS) is 18.0. The van der Waals surface area contributed by atoms with Gasteiger partial charge in [0.15, 0.2) is 5.11 Å². The Labute approximate surface area is 92.8 Å². The van der Waals surface area contributed by atoms with Crippen molar-refractivity contribution in [3.8, 4) is 0 Å². The van der Waals surface area contributed by atoms with Gasteiger partial charge in [0.2, 0.25) is 0 Å². The van der Waals surface area contributed by atoms with Crippen LogP contribution in [0.3, 0.4) is 0 Å². The van der Waals surface area contributed by atoms with Crippen LogP contribution in [0, 0.1) is 5.92 Å². The average Bonchev–Trinajstić information content (AvgIpc) is 2.85. The first kappa shape index (κ1) is 11.8. The zero-order valence-electron chi connectivity index (χ0n) is 9.47. The molecular formula is C11H22N2S. The molecule has 82 valence electrons. The predicted molar refractivity (Wildman–Crippen MR) is 65.4 cm³/mol. The molecule has 0 amide bonds. The first-order valence-electron chi connectivity index (χ1n) is 5.68. The minimum atomic E-state index is 0.424. The molecule has 1 rings (SSSR count). The van der Waals surface area contributed by atoms with E-state index in [1.165, 1.54) is 19.3 Å². The van der Waals surface area contributed by atoms with Gasteiger partial charge in [-0.1, -0.05) is 19.8 Å². The standard InChI is InChI=1S/C11H22N2S/c1-4-10(7-9-5-6-9)13-11(14)12-8(2)3/h8-10H,4-7H2,1-3H3,(H2,12,13,14). The lowest BCUT2D eigenvalue weighted by atomic mass is 10.1. The van der Waals surface area contributed by atoms with Crippen molar-refractivity contribution in [1.82, 2.24) is 10.6 Å². The van der Waals surface area contributed by atoms with E-state index in [0.717, 1.165) is 17.5 Å². The van der Waals surface area contributed by atoms with Crippen molar-refractivity contribution >= 4 is 17.3 Å². The first-order chi connectivity index (χ1) is 6.61. The highest BCUT2D eigenvalue weighted by atomic mass is 32.1. The van der Waals surface area contributed by atoms with E-state index in [1.54, 1.807) is 0 Å². The van der Waals surface area contributed by atoms with Crippen LogP contribution < -0.4 is 10.6 Å². The van der Waals surface area contributed by atoms with E-state index in [4.69, 9.17) is 12.2 Å². The van der Waals surface area contributed by atoms with Crippen molar-refractivity contribution in [2.24, 2.45) is 5.92 Å². The molecule has 1 aliphatic carbocycles. The Hall–Kier alpha value is -0.310. The molecule has 0 aromatic heterocycles. The van der Waals surface area contributed by atoms with E-state index in [0.29, 0.717) is 12.1 Å². The van der Waals surface area contributed by atoms with Crippen LogP contribution in [0.25, 0.3) is 0 Å². The topological polar surface area (TPSA) is 24.1 Å². The van der Waals surface area contributed by atoms with Crippen molar-refractivity contribution in [2.45, 2.75) is 58.5 Å². The van der Waals surface area contributed by atoms with Crippen LogP contribution in [0.15, 0.2) is 0 Å². The van der Waals surface area contributed by atoms with E-state index in [1.807, 2.05) is 0 Å². The fourth-order valence-electron chi connectivity index (χ4n) is 1.57. The van der Waals surface area contributed by atoms with E-state index in [9.17, 15) is 0 Å². The second-order valence-corrected chi connectivity index (χ2v) is 4.96. The number of hydrogen-bond acceptors (Lipinski definition) is 1. The summed E-state index contributed by atoms with van der Waals surface area (Å²) in [6, 6.07) is 0.995. The van der Waals surface area contributed by atoms with Crippen molar-refractivity contribution in [1.29, 1.82) is 0 Å². The molecule has 1 atom stereocenters. The summed E-state index contributed by atoms with van der Waals surface area (Å²) >= 11 is 5.22. The lowest BCUT2D eigenvalue weighted by Crippen LogP contribution is -2.44. The minimum absolute atomic E-state index is 0.424. The molecule has 0 saturated heterocycles. The maximum absolute atomic E-state index is 5.22. The summed E-state index contributed by atoms with van der Waals surface area (Å²) in [5.74, 6) is 0.967. The van der Waals surface area contributed by atoms with Crippen LogP contribution in [0.5, 0.6) is 0 Å². The van der Waals surface area contributed by atoms with Crippen molar-refractivity contribution < 1.29 is 0 Å². The van der Waals surface area contributed by atoms with Gasteiger partial charge in [-0.3, -0.25) is 0 Å². The number of nitrogens with one attached hydrogen (secondary N) is 2. The number of rotatable bonds is 5. The third-order valence-electron chi connectivity index (χ3n) is 2.56. The molecule has 0 aromatic rings. The highest BCUT2D eigenvalue weighted by Gasteiger charge is 2.24. The second kappa shape index (κ2) is 5.54. The Morgan fingerprint density at radius 2 is 2.00 bits per heavy atom. The highest BCUT2D eigenvalue weighted by Crippen LogP contribution is 2.33. The summed E-state index contributed by atoms with van der Waals surface area (Å²) in [7, 11) is 0. The van der Waals surface area contributed by atoms with Gasteiger partial charge < -0.3 is 10.6 Å². The van der Waals surface area contributed by atoms with Crippen LogP contribution in [-0.4, -0.2) is 17.2 Å². The molecule has 0 heterocycles. The molecule has 0 aliphatic heterocycles. The smallest absolute Gasteiger partial charge is 0.166 e. The lowest BCUT2D eigenvalue weighted by molar-refractivity contribution is 0.504. The van der Waals surface area contributed by atoms with E-state index in [-0.39, 0.29) is 0 Å². The van der Waals surface area contributed by atoms with Gasteiger partial charge in [0.25, 0.3) is 0 Å². The van der Waals surface area contributed by atoms with Gasteiger partial charge in [0, 0.05) is 12.1 Å². The summed E-state index contributed by atoms with van der Waals surface area (Å²) in [5, 5.41) is 7.42. The van der Waals surface area contributed by atoms with Crippen molar-refractivity contribution in [3.63, 3.8) is 0 Å². The Morgan fingerprint density at radius 3 is 2.43 bits per heavy atom. The van der Waals surface area contributed by atoms with E-state index < -0.39 is 0 Å². The number of thiocarbonyl (C=S) groups is 1. The molecule has 1 unspecified atom stereocenters. The molecule has 1 aliphatic rings. The maximum atomic E-state index is 5.22. The molecular weight excluding hydrogens is 192 g/mol. The molecule has 0 aromatic carbocycles. The van der Waals surface area contributed by atoms with Gasteiger partial charge in [-0.2, -0.15) is 0 Å². The lowest BCUT2D eigenvalue weighted by Gasteiger charge is -2.20. The second-order valence-electron chi connectivity index (χ2n) is 4.56. The van der Waals surface area contributed by atoms with Crippen LogP contribution in [-0.2, 0) is 0 Å². The molecule has 0 spiro atoms. The highest BCUT2D eigenvalue weighted by molar-refractivity contribution is 7.80. The van der Waals surface area contributed by atoms with Crippen LogP contribution >= 0.6 is 12.2 Å². The van der Waals surface area contributed by atoms with Crippen molar-refractivity contribution in [3.05, 3.63) is 0 Å². The molecule has 3 heteroatoms. The Morgan fingerprint density at radius 1 is 1.36 bits per heavy atom. The monoisotopic (exact) mass is 214 g/mol. The fraction of sp³-hybridized carbons (Fsp3) is 0.909. The average molecular weight is 214 g/mol. The number of hydrogen-bond donors (Lipinski definition) is 2. The van der Waals surface area contributed by atoms with Gasteiger partial charge >= 0.3 is 0 Å². The zero-order valence-corrected chi connectivity index (χ0v) is 10.3. The SMILES string of the molecule is CCC(CC1CC1)NC(=S)NC(C)C. The molecule has 2 N–H and O–H groups in total. The molecule has 0 radical (unpaired) electrons. The van der Waals surface area contributed by atoms with Gasteiger partial charge in [-0.15, -0.1) is 0 Å². The summed E-state index contributed by atoms with van der Waals surface area (Å²) in [4.78, 5) is 0. The third-order valence-corrected chi connectivity index (χ3v) is 2.80. The predicted octanol–water partition coefficient (Wildman–Crippen LogP) is 2.44. The quantitative estimate of drug-likeness (QED) is 0.687. The fourth-order valence-corrected chi connectivity index (χ4v) is 1.98. The molecule has 1 fully saturated rings. The summed E-state index contributed by atoms with van der Waals surface area (Å²) in [6.45, 7) is 6.43. The molecule has 14 heavy (non-hydrogen) atoms. The molecule has 2 nitrogen and oxygen atoms in total. The van der Waals surface area contributed by atoms with Crippen molar-refractivity contribution in [2.75, 3.05) is 0 Å². The maximum Gasteiger partial charge on any atom is 0.166 e. The Bertz CT molecular complexity index is 188. The molecule has 0 bridgehead atoms. The van der Waals surface area contributed by atoms with Gasteiger partial charge in [-0.05, 0) is 44.8 Å². The Kier molecular flexibility index (Phi) is 4.66. The van der Waals surface area contributed by atoms with Crippen LogP contribution in [0.4, 0.5) is 0 Å². The minimum Gasteiger partial charge on any atom is -0.361 e. The Balaban J connectivity index is 2.20. The first-order valence-corrected chi connectivity index (χ1v) is 6.09. The van der Waals surface area contributed by atoms with Crippen LogP contribution in [0.2, 0.25) is 0 Å².